The van der Waals surface area contributed by atoms with Crippen molar-refractivity contribution in [2.75, 3.05) is 4.90 Å². The van der Waals surface area contributed by atoms with Crippen LogP contribution in [0.2, 0.25) is 0 Å². The van der Waals surface area contributed by atoms with Gasteiger partial charge in [0, 0.05) is 49.9 Å². The number of benzene rings is 10. The van der Waals surface area contributed by atoms with E-state index in [9.17, 15) is 0 Å². The molecule has 0 aliphatic carbocycles. The van der Waals surface area contributed by atoms with Gasteiger partial charge in [-0.3, -0.25) is 4.98 Å². The summed E-state index contributed by atoms with van der Waals surface area (Å²) in [6.45, 7) is 0. The third-order valence-electron chi connectivity index (χ3n) is 13.5. The number of anilines is 3. The number of fused-ring (bicyclic) bond motifs is 6. The van der Waals surface area contributed by atoms with Crippen molar-refractivity contribution in [3.63, 3.8) is 0 Å². The van der Waals surface area contributed by atoms with E-state index in [0.717, 1.165) is 61.9 Å². The van der Waals surface area contributed by atoms with Gasteiger partial charge in [0.05, 0.1) is 39.6 Å². The van der Waals surface area contributed by atoms with E-state index < -0.39 is 0 Å². The van der Waals surface area contributed by atoms with E-state index >= 15 is 0 Å². The van der Waals surface area contributed by atoms with Crippen molar-refractivity contribution in [1.82, 2.24) is 14.1 Å². The van der Waals surface area contributed by atoms with Crippen LogP contribution < -0.4 is 4.90 Å². The average Bonchev–Trinajstić information content (AvgIpc) is 3.94. The standard InChI is InChI=1S/C65H44N4/c1-5-17-45(18-6-1)46-29-33-55(34-30-46)67(52-19-7-2-8-20-52)56-35-36-61(66-44-56)51-40-49(47-31-37-64-59(42-47)57-25-13-15-27-62(57)68(64)53-21-9-3-10-22-53)39-50(41-51)48-32-38-65-60(43-48)58-26-14-16-28-63(58)69(65)54-23-11-4-12-24-54/h1-44H. The van der Waals surface area contributed by atoms with Crippen molar-refractivity contribution in [3.05, 3.63) is 267 Å². The zero-order valence-corrected chi connectivity index (χ0v) is 37.7. The normalized spacial score (nSPS) is 11.5. The summed E-state index contributed by atoms with van der Waals surface area (Å²) in [4.78, 5) is 7.54. The van der Waals surface area contributed by atoms with Crippen LogP contribution in [0.5, 0.6) is 0 Å². The average molecular weight is 881 g/mol. The Morgan fingerprint density at radius 3 is 1.19 bits per heavy atom. The predicted molar refractivity (Wildman–Crippen MR) is 289 cm³/mol. The Bertz CT molecular complexity index is 3790. The van der Waals surface area contributed by atoms with Crippen LogP contribution in [0.1, 0.15) is 0 Å². The molecular formula is C65H44N4. The van der Waals surface area contributed by atoms with Gasteiger partial charge in [-0.2, -0.15) is 0 Å². The molecule has 69 heavy (non-hydrogen) atoms. The second kappa shape index (κ2) is 16.9. The van der Waals surface area contributed by atoms with E-state index in [-0.39, 0.29) is 0 Å². The first kappa shape index (κ1) is 40.1. The molecule has 0 atom stereocenters. The van der Waals surface area contributed by atoms with Gasteiger partial charge in [-0.1, -0.05) is 146 Å². The molecule has 0 amide bonds. The van der Waals surface area contributed by atoms with Crippen LogP contribution >= 0.6 is 0 Å². The quantitative estimate of drug-likeness (QED) is 0.144. The van der Waals surface area contributed by atoms with E-state index in [0.29, 0.717) is 0 Å². The number of pyridine rings is 1. The lowest BCUT2D eigenvalue weighted by Gasteiger charge is -2.25. The molecule has 3 aromatic heterocycles. The topological polar surface area (TPSA) is 26.0 Å². The highest BCUT2D eigenvalue weighted by molar-refractivity contribution is 6.12. The highest BCUT2D eigenvalue weighted by Crippen LogP contribution is 2.41. The van der Waals surface area contributed by atoms with Crippen molar-refractivity contribution in [1.29, 1.82) is 0 Å². The minimum absolute atomic E-state index is 0.901. The third kappa shape index (κ3) is 7.14. The molecule has 3 heterocycles. The summed E-state index contributed by atoms with van der Waals surface area (Å²) in [5, 5.41) is 4.89. The highest BCUT2D eigenvalue weighted by atomic mass is 15.1. The summed E-state index contributed by atoms with van der Waals surface area (Å²) >= 11 is 0. The molecule has 0 bridgehead atoms. The number of hydrogen-bond acceptors (Lipinski definition) is 2. The monoisotopic (exact) mass is 880 g/mol. The van der Waals surface area contributed by atoms with Gasteiger partial charge >= 0.3 is 0 Å². The Balaban J connectivity index is 0.961. The summed E-state index contributed by atoms with van der Waals surface area (Å²) in [6, 6.07) is 93.8. The summed E-state index contributed by atoms with van der Waals surface area (Å²) in [5.74, 6) is 0. The Morgan fingerprint density at radius 2 is 0.667 bits per heavy atom. The van der Waals surface area contributed by atoms with Crippen molar-refractivity contribution >= 4 is 60.7 Å². The molecule has 0 spiro atoms. The van der Waals surface area contributed by atoms with Crippen molar-refractivity contribution in [2.24, 2.45) is 0 Å². The van der Waals surface area contributed by atoms with Crippen molar-refractivity contribution in [2.45, 2.75) is 0 Å². The molecule has 4 nitrogen and oxygen atoms in total. The van der Waals surface area contributed by atoms with Gasteiger partial charge in [0.2, 0.25) is 0 Å². The zero-order valence-electron chi connectivity index (χ0n) is 37.7. The molecule has 324 valence electrons. The Morgan fingerprint density at radius 1 is 0.261 bits per heavy atom. The first-order valence-electron chi connectivity index (χ1n) is 23.5. The minimum Gasteiger partial charge on any atom is -0.309 e. The number of nitrogens with zero attached hydrogens (tertiary/aromatic N) is 4. The fraction of sp³-hybridized carbons (Fsp3) is 0. The first-order valence-corrected chi connectivity index (χ1v) is 23.5. The number of aromatic nitrogens is 3. The summed E-state index contributed by atoms with van der Waals surface area (Å²) in [5.41, 5.74) is 19.0. The van der Waals surface area contributed by atoms with Crippen LogP contribution in [0.3, 0.4) is 0 Å². The second-order valence-electron chi connectivity index (χ2n) is 17.6. The molecule has 0 saturated carbocycles. The molecule has 13 aromatic rings. The van der Waals surface area contributed by atoms with Crippen LogP contribution in [-0.4, -0.2) is 14.1 Å². The third-order valence-corrected chi connectivity index (χ3v) is 13.5. The molecule has 0 saturated heterocycles. The molecule has 13 rings (SSSR count). The van der Waals surface area contributed by atoms with Crippen LogP contribution in [-0.2, 0) is 0 Å². The minimum atomic E-state index is 0.901. The number of para-hydroxylation sites is 5. The fourth-order valence-electron chi connectivity index (χ4n) is 10.3. The SMILES string of the molecule is c1ccc(-c2ccc(N(c3ccccc3)c3ccc(-c4cc(-c5ccc6c(c5)c5ccccc5n6-c5ccccc5)cc(-c5ccc6c(c5)c5ccccc5n6-c5ccccc5)c4)nc3)cc2)cc1. The molecule has 0 fully saturated rings. The molecule has 0 radical (unpaired) electrons. The predicted octanol–water partition coefficient (Wildman–Crippen LogP) is 17.4. The van der Waals surface area contributed by atoms with Gasteiger partial charge in [-0.15, -0.1) is 0 Å². The van der Waals surface area contributed by atoms with Gasteiger partial charge in [-0.25, -0.2) is 0 Å². The van der Waals surface area contributed by atoms with E-state index in [2.05, 4.69) is 275 Å². The van der Waals surface area contributed by atoms with Crippen LogP contribution in [0.4, 0.5) is 17.1 Å². The van der Waals surface area contributed by atoms with E-state index in [4.69, 9.17) is 4.98 Å². The summed E-state index contributed by atoms with van der Waals surface area (Å²) < 4.78 is 4.75. The Labute approximate surface area is 400 Å². The van der Waals surface area contributed by atoms with Gasteiger partial charge < -0.3 is 14.0 Å². The highest BCUT2D eigenvalue weighted by Gasteiger charge is 2.18. The van der Waals surface area contributed by atoms with Crippen molar-refractivity contribution in [3.8, 4) is 56.0 Å². The van der Waals surface area contributed by atoms with Crippen molar-refractivity contribution < 1.29 is 0 Å². The lowest BCUT2D eigenvalue weighted by atomic mass is 9.93. The Hall–Kier alpha value is -9.25. The second-order valence-corrected chi connectivity index (χ2v) is 17.6. The first-order chi connectivity index (χ1) is 34.2. The molecule has 0 N–H and O–H groups in total. The smallest absolute Gasteiger partial charge is 0.0704 e. The maximum atomic E-state index is 5.26. The van der Waals surface area contributed by atoms with Gasteiger partial charge in [0.15, 0.2) is 0 Å². The molecular weight excluding hydrogens is 837 g/mol. The molecule has 10 aromatic carbocycles. The summed E-state index contributed by atoms with van der Waals surface area (Å²) in [7, 11) is 0. The molecule has 0 unspecified atom stereocenters. The van der Waals surface area contributed by atoms with E-state index in [1.165, 1.54) is 54.7 Å². The molecule has 0 aliphatic heterocycles. The zero-order chi connectivity index (χ0) is 45.7. The molecule has 0 aliphatic rings. The summed E-state index contributed by atoms with van der Waals surface area (Å²) in [6.07, 6.45) is 2.01. The lowest BCUT2D eigenvalue weighted by Crippen LogP contribution is -2.10. The van der Waals surface area contributed by atoms with E-state index in [1.807, 2.05) is 6.20 Å². The van der Waals surface area contributed by atoms with Gasteiger partial charge in [0.25, 0.3) is 0 Å². The number of hydrogen-bond donors (Lipinski definition) is 0. The van der Waals surface area contributed by atoms with E-state index in [1.54, 1.807) is 0 Å². The van der Waals surface area contributed by atoms with Crippen LogP contribution in [0.15, 0.2) is 267 Å². The van der Waals surface area contributed by atoms with Crippen LogP contribution in [0.25, 0.3) is 99.6 Å². The number of rotatable bonds is 9. The van der Waals surface area contributed by atoms with Gasteiger partial charge in [-0.05, 0) is 149 Å². The maximum absolute atomic E-state index is 5.26. The lowest BCUT2D eigenvalue weighted by molar-refractivity contribution is 1.18. The molecule has 4 heteroatoms. The maximum Gasteiger partial charge on any atom is 0.0704 e. The Kier molecular flexibility index (Phi) is 9.80. The van der Waals surface area contributed by atoms with Gasteiger partial charge in [0.1, 0.15) is 0 Å². The fourth-order valence-corrected chi connectivity index (χ4v) is 10.3. The largest absolute Gasteiger partial charge is 0.309 e. The van der Waals surface area contributed by atoms with Crippen LogP contribution in [0, 0.1) is 0 Å².